The zero-order valence-corrected chi connectivity index (χ0v) is 10.0. The van der Waals surface area contributed by atoms with Gasteiger partial charge in [-0.1, -0.05) is 20.8 Å². The fourth-order valence-corrected chi connectivity index (χ4v) is 2.15. The minimum Gasteiger partial charge on any atom is -0.338 e. The molecule has 0 aliphatic carbocycles. The Labute approximate surface area is 91.6 Å². The smallest absolute Gasteiger partial charge is 0.225 e. The van der Waals surface area contributed by atoms with Crippen LogP contribution < -0.4 is 0 Å². The second kappa shape index (κ2) is 5.01. The molecule has 1 saturated heterocycles. The molecule has 0 aromatic rings. The van der Waals surface area contributed by atoms with Crippen molar-refractivity contribution < 1.29 is 4.79 Å². The lowest BCUT2D eigenvalue weighted by molar-refractivity contribution is -0.136. The van der Waals surface area contributed by atoms with Gasteiger partial charge in [0, 0.05) is 24.4 Å². The van der Waals surface area contributed by atoms with E-state index in [9.17, 15) is 4.79 Å². The summed E-state index contributed by atoms with van der Waals surface area (Å²) in [5, 5.41) is 0. The highest BCUT2D eigenvalue weighted by molar-refractivity contribution is 6.18. The van der Waals surface area contributed by atoms with Crippen LogP contribution in [-0.4, -0.2) is 29.3 Å². The van der Waals surface area contributed by atoms with Gasteiger partial charge >= 0.3 is 0 Å². The topological polar surface area (TPSA) is 20.3 Å². The van der Waals surface area contributed by atoms with Gasteiger partial charge in [0.05, 0.1) is 0 Å². The highest BCUT2D eigenvalue weighted by atomic mass is 35.5. The molecule has 0 saturated carbocycles. The molecule has 0 aromatic carbocycles. The van der Waals surface area contributed by atoms with Gasteiger partial charge in [-0.15, -0.1) is 11.6 Å². The van der Waals surface area contributed by atoms with Gasteiger partial charge < -0.3 is 4.90 Å². The molecule has 0 aromatic heterocycles. The summed E-state index contributed by atoms with van der Waals surface area (Å²) in [7, 11) is 0. The Bertz CT molecular complexity index is 205. The number of rotatable bonds is 3. The largest absolute Gasteiger partial charge is 0.338 e. The van der Waals surface area contributed by atoms with Gasteiger partial charge in [0.1, 0.15) is 0 Å². The first-order valence-corrected chi connectivity index (χ1v) is 5.97. The monoisotopic (exact) mass is 217 g/mol. The third kappa shape index (κ3) is 2.41. The zero-order valence-electron chi connectivity index (χ0n) is 9.29. The van der Waals surface area contributed by atoms with E-state index in [1.54, 1.807) is 0 Å². The van der Waals surface area contributed by atoms with E-state index in [-0.39, 0.29) is 17.9 Å². The molecule has 1 aliphatic heterocycles. The molecule has 0 radical (unpaired) electrons. The molecule has 3 heteroatoms. The number of likely N-dealkylation sites (tertiary alicyclic amines) is 1. The summed E-state index contributed by atoms with van der Waals surface area (Å²) in [5.41, 5.74) is 0. The first kappa shape index (κ1) is 11.8. The molecule has 1 rings (SSSR count). The number of alkyl halides is 1. The second-order valence-electron chi connectivity index (χ2n) is 4.51. The summed E-state index contributed by atoms with van der Waals surface area (Å²) >= 11 is 5.84. The van der Waals surface area contributed by atoms with Crippen molar-refractivity contribution in [2.45, 2.75) is 39.7 Å². The number of hydrogen-bond acceptors (Lipinski definition) is 1. The fourth-order valence-electron chi connectivity index (χ4n) is 1.83. The lowest BCUT2D eigenvalue weighted by Crippen LogP contribution is -2.41. The summed E-state index contributed by atoms with van der Waals surface area (Å²) in [6.07, 6.45) is 2.17. The second-order valence-corrected chi connectivity index (χ2v) is 4.82. The number of carbonyl (C=O) groups is 1. The Kier molecular flexibility index (Phi) is 4.24. The lowest BCUT2D eigenvalue weighted by atomic mass is 9.96. The highest BCUT2D eigenvalue weighted by Crippen LogP contribution is 2.23. The quantitative estimate of drug-likeness (QED) is 0.666. The maximum atomic E-state index is 12.0. The summed E-state index contributed by atoms with van der Waals surface area (Å²) in [6.45, 7) is 7.09. The van der Waals surface area contributed by atoms with E-state index in [4.69, 9.17) is 11.6 Å². The van der Waals surface area contributed by atoms with Gasteiger partial charge in [-0.3, -0.25) is 4.79 Å². The van der Waals surface area contributed by atoms with Crippen molar-refractivity contribution >= 4 is 17.5 Å². The molecule has 0 N–H and O–H groups in total. The Hall–Kier alpha value is -0.240. The summed E-state index contributed by atoms with van der Waals surface area (Å²) in [6, 6.07) is 0.283. The van der Waals surface area contributed by atoms with E-state index in [1.165, 1.54) is 0 Å². The number of halogens is 1. The molecule has 82 valence electrons. The molecular formula is C11H20ClNO. The van der Waals surface area contributed by atoms with Crippen LogP contribution in [0.3, 0.4) is 0 Å². The van der Waals surface area contributed by atoms with Crippen molar-refractivity contribution in [3.8, 4) is 0 Å². The number of hydrogen-bond donors (Lipinski definition) is 0. The Morgan fingerprint density at radius 3 is 2.64 bits per heavy atom. The van der Waals surface area contributed by atoms with Gasteiger partial charge in [-0.2, -0.15) is 0 Å². The Morgan fingerprint density at radius 1 is 1.50 bits per heavy atom. The van der Waals surface area contributed by atoms with Gasteiger partial charge in [-0.25, -0.2) is 0 Å². The first-order chi connectivity index (χ1) is 6.57. The van der Waals surface area contributed by atoms with Gasteiger partial charge in [0.2, 0.25) is 5.91 Å². The number of amides is 1. The molecule has 14 heavy (non-hydrogen) atoms. The van der Waals surface area contributed by atoms with Crippen LogP contribution in [0.2, 0.25) is 0 Å². The van der Waals surface area contributed by atoms with Crippen molar-refractivity contribution in [1.29, 1.82) is 0 Å². The van der Waals surface area contributed by atoms with E-state index in [0.717, 1.165) is 19.4 Å². The summed E-state index contributed by atoms with van der Waals surface area (Å²) in [4.78, 5) is 14.0. The highest BCUT2D eigenvalue weighted by Gasteiger charge is 2.31. The minimum absolute atomic E-state index is 0.124. The standard InChI is InChI=1S/C11H20ClNO/c1-8(2)9(3)11(14)13-6-4-5-10(13)7-12/h8-10H,4-7H2,1-3H3. The maximum Gasteiger partial charge on any atom is 0.225 e. The van der Waals surface area contributed by atoms with Crippen molar-refractivity contribution in [2.24, 2.45) is 11.8 Å². The maximum absolute atomic E-state index is 12.0. The third-order valence-electron chi connectivity index (χ3n) is 3.23. The van der Waals surface area contributed by atoms with Crippen LogP contribution in [0.4, 0.5) is 0 Å². The number of nitrogens with zero attached hydrogens (tertiary/aromatic N) is 1. The Morgan fingerprint density at radius 2 is 2.14 bits per heavy atom. The van der Waals surface area contributed by atoms with E-state index >= 15 is 0 Å². The van der Waals surface area contributed by atoms with E-state index in [2.05, 4.69) is 13.8 Å². The van der Waals surface area contributed by atoms with E-state index < -0.39 is 0 Å². The van der Waals surface area contributed by atoms with Crippen LogP contribution >= 0.6 is 11.6 Å². The van der Waals surface area contributed by atoms with Crippen LogP contribution in [0.25, 0.3) is 0 Å². The molecule has 2 nitrogen and oxygen atoms in total. The van der Waals surface area contributed by atoms with Crippen LogP contribution in [0.5, 0.6) is 0 Å². The van der Waals surface area contributed by atoms with Crippen molar-refractivity contribution in [3.05, 3.63) is 0 Å². The molecule has 1 aliphatic rings. The summed E-state index contributed by atoms with van der Waals surface area (Å²) in [5.74, 6) is 1.40. The van der Waals surface area contributed by atoms with Gasteiger partial charge in [0.25, 0.3) is 0 Å². The van der Waals surface area contributed by atoms with Crippen LogP contribution in [-0.2, 0) is 4.79 Å². The van der Waals surface area contributed by atoms with E-state index in [0.29, 0.717) is 11.8 Å². The Balaban J connectivity index is 2.59. The van der Waals surface area contributed by atoms with E-state index in [1.807, 2.05) is 11.8 Å². The molecule has 2 unspecified atom stereocenters. The zero-order chi connectivity index (χ0) is 10.7. The molecule has 2 atom stereocenters. The van der Waals surface area contributed by atoms with Crippen molar-refractivity contribution in [1.82, 2.24) is 4.90 Å². The predicted molar refractivity (Wildman–Crippen MR) is 59.5 cm³/mol. The lowest BCUT2D eigenvalue weighted by Gasteiger charge is -2.27. The molecule has 1 fully saturated rings. The SMILES string of the molecule is CC(C)C(C)C(=O)N1CCCC1CCl. The summed E-state index contributed by atoms with van der Waals surface area (Å²) < 4.78 is 0. The van der Waals surface area contributed by atoms with Crippen LogP contribution in [0, 0.1) is 11.8 Å². The molecule has 1 amide bonds. The molecule has 1 heterocycles. The third-order valence-corrected chi connectivity index (χ3v) is 3.58. The normalized spacial score (nSPS) is 24.4. The van der Waals surface area contributed by atoms with Gasteiger partial charge in [-0.05, 0) is 18.8 Å². The average Bonchev–Trinajstić information content (AvgIpc) is 2.62. The van der Waals surface area contributed by atoms with Crippen LogP contribution in [0.1, 0.15) is 33.6 Å². The molecular weight excluding hydrogens is 198 g/mol. The first-order valence-electron chi connectivity index (χ1n) is 5.44. The molecule has 0 bridgehead atoms. The van der Waals surface area contributed by atoms with Crippen molar-refractivity contribution in [3.63, 3.8) is 0 Å². The van der Waals surface area contributed by atoms with Gasteiger partial charge in [0.15, 0.2) is 0 Å². The number of carbonyl (C=O) groups excluding carboxylic acids is 1. The average molecular weight is 218 g/mol. The minimum atomic E-state index is 0.124. The molecule has 0 spiro atoms. The van der Waals surface area contributed by atoms with Crippen LogP contribution in [0.15, 0.2) is 0 Å². The fraction of sp³-hybridized carbons (Fsp3) is 0.909. The van der Waals surface area contributed by atoms with Crippen molar-refractivity contribution in [2.75, 3.05) is 12.4 Å². The predicted octanol–water partition coefficient (Wildman–Crippen LogP) is 2.51.